The molecule has 6 nitrogen and oxygen atoms in total. The maximum absolute atomic E-state index is 11.2. The molecular weight excluding hydrogens is 188 g/mol. The van der Waals surface area contributed by atoms with E-state index in [9.17, 15) is 9.59 Å². The van der Waals surface area contributed by atoms with Crippen molar-refractivity contribution < 1.29 is 19.8 Å². The highest BCUT2D eigenvalue weighted by molar-refractivity contribution is 5.80. The SMILES string of the molecule is O=C(NCC[C@H](O)C(=O)O)C1CNC1. The Morgan fingerprint density at radius 2 is 2.14 bits per heavy atom. The fraction of sp³-hybridized carbons (Fsp3) is 0.750. The zero-order valence-corrected chi connectivity index (χ0v) is 7.69. The first-order valence-electron chi connectivity index (χ1n) is 4.50. The summed E-state index contributed by atoms with van der Waals surface area (Å²) in [5, 5.41) is 22.8. The first-order valence-corrected chi connectivity index (χ1v) is 4.50. The lowest BCUT2D eigenvalue weighted by Crippen LogP contribution is -2.51. The smallest absolute Gasteiger partial charge is 0.332 e. The van der Waals surface area contributed by atoms with E-state index in [1.807, 2.05) is 0 Å². The molecule has 80 valence electrons. The minimum Gasteiger partial charge on any atom is -0.479 e. The average molecular weight is 202 g/mol. The fourth-order valence-electron chi connectivity index (χ4n) is 1.07. The van der Waals surface area contributed by atoms with Crippen LogP contribution in [0.2, 0.25) is 0 Å². The number of aliphatic hydroxyl groups is 1. The van der Waals surface area contributed by atoms with Crippen LogP contribution in [0.4, 0.5) is 0 Å². The van der Waals surface area contributed by atoms with Crippen molar-refractivity contribution in [1.82, 2.24) is 10.6 Å². The molecule has 0 radical (unpaired) electrons. The molecule has 1 fully saturated rings. The van der Waals surface area contributed by atoms with Gasteiger partial charge in [-0.15, -0.1) is 0 Å². The Bertz CT molecular complexity index is 227. The lowest BCUT2D eigenvalue weighted by molar-refractivity contribution is -0.147. The van der Waals surface area contributed by atoms with Crippen LogP contribution in [0.3, 0.4) is 0 Å². The van der Waals surface area contributed by atoms with Crippen molar-refractivity contribution >= 4 is 11.9 Å². The summed E-state index contributed by atoms with van der Waals surface area (Å²) in [7, 11) is 0. The van der Waals surface area contributed by atoms with Gasteiger partial charge in [0.05, 0.1) is 5.92 Å². The summed E-state index contributed by atoms with van der Waals surface area (Å²) in [5.41, 5.74) is 0. The molecule has 14 heavy (non-hydrogen) atoms. The van der Waals surface area contributed by atoms with Crippen molar-refractivity contribution in [1.29, 1.82) is 0 Å². The minimum absolute atomic E-state index is 0.00280. The third kappa shape index (κ3) is 2.97. The maximum Gasteiger partial charge on any atom is 0.332 e. The number of rotatable bonds is 5. The van der Waals surface area contributed by atoms with E-state index in [1.165, 1.54) is 0 Å². The summed E-state index contributed by atoms with van der Waals surface area (Å²) in [6.45, 7) is 1.55. The molecule has 0 aliphatic carbocycles. The summed E-state index contributed by atoms with van der Waals surface area (Å²) >= 11 is 0. The lowest BCUT2D eigenvalue weighted by Gasteiger charge is -2.25. The molecule has 0 bridgehead atoms. The first kappa shape index (κ1) is 10.9. The van der Waals surface area contributed by atoms with Crippen molar-refractivity contribution in [2.24, 2.45) is 5.92 Å². The van der Waals surface area contributed by atoms with Crippen LogP contribution in [0.5, 0.6) is 0 Å². The molecule has 1 heterocycles. The molecule has 0 spiro atoms. The van der Waals surface area contributed by atoms with Crippen LogP contribution >= 0.6 is 0 Å². The Kier molecular flexibility index (Phi) is 3.84. The van der Waals surface area contributed by atoms with Gasteiger partial charge in [0.25, 0.3) is 0 Å². The first-order chi connectivity index (χ1) is 6.61. The molecule has 1 atom stereocenters. The second-order valence-corrected chi connectivity index (χ2v) is 3.29. The number of hydrogen-bond acceptors (Lipinski definition) is 4. The lowest BCUT2D eigenvalue weighted by atomic mass is 10.0. The van der Waals surface area contributed by atoms with Gasteiger partial charge in [-0.05, 0) is 0 Å². The molecule has 1 amide bonds. The van der Waals surface area contributed by atoms with Gasteiger partial charge in [-0.25, -0.2) is 4.79 Å². The van der Waals surface area contributed by atoms with Gasteiger partial charge in [0.15, 0.2) is 6.10 Å². The Hall–Kier alpha value is -1.14. The molecule has 4 N–H and O–H groups in total. The summed E-state index contributed by atoms with van der Waals surface area (Å²) in [6, 6.07) is 0. The molecule has 1 aliphatic heterocycles. The van der Waals surface area contributed by atoms with Gasteiger partial charge < -0.3 is 20.8 Å². The van der Waals surface area contributed by atoms with E-state index in [4.69, 9.17) is 10.2 Å². The van der Waals surface area contributed by atoms with E-state index in [-0.39, 0.29) is 24.8 Å². The summed E-state index contributed by atoms with van der Waals surface area (Å²) in [5.74, 6) is -1.34. The predicted molar refractivity (Wildman–Crippen MR) is 47.6 cm³/mol. The van der Waals surface area contributed by atoms with Gasteiger partial charge in [0, 0.05) is 26.1 Å². The second-order valence-electron chi connectivity index (χ2n) is 3.29. The Labute approximate surface area is 81.3 Å². The van der Waals surface area contributed by atoms with Crippen LogP contribution in [-0.2, 0) is 9.59 Å². The van der Waals surface area contributed by atoms with Crippen molar-refractivity contribution in [3.8, 4) is 0 Å². The van der Waals surface area contributed by atoms with Crippen molar-refractivity contribution in [2.45, 2.75) is 12.5 Å². The molecule has 0 aromatic carbocycles. The normalized spacial score (nSPS) is 18.4. The van der Waals surface area contributed by atoms with Crippen molar-refractivity contribution in [3.63, 3.8) is 0 Å². The number of carbonyl (C=O) groups is 2. The number of carboxylic acids is 1. The number of hydrogen-bond donors (Lipinski definition) is 4. The number of aliphatic carboxylic acids is 1. The van der Waals surface area contributed by atoms with Gasteiger partial charge in [-0.1, -0.05) is 0 Å². The summed E-state index contributed by atoms with van der Waals surface area (Å²) < 4.78 is 0. The average Bonchev–Trinajstić information content (AvgIpc) is 2.00. The number of carbonyl (C=O) groups excluding carboxylic acids is 1. The number of aliphatic hydroxyl groups excluding tert-OH is 1. The maximum atomic E-state index is 11.2. The van der Waals surface area contributed by atoms with E-state index in [1.54, 1.807) is 0 Å². The molecule has 0 aromatic heterocycles. The molecule has 1 aliphatic rings. The van der Waals surface area contributed by atoms with Crippen LogP contribution in [-0.4, -0.2) is 47.8 Å². The van der Waals surface area contributed by atoms with E-state index < -0.39 is 12.1 Å². The molecule has 0 saturated carbocycles. The molecule has 6 heteroatoms. The van der Waals surface area contributed by atoms with Crippen LogP contribution < -0.4 is 10.6 Å². The fourth-order valence-corrected chi connectivity index (χ4v) is 1.07. The van der Waals surface area contributed by atoms with Crippen LogP contribution in [0.15, 0.2) is 0 Å². The quantitative estimate of drug-likeness (QED) is 0.420. The highest BCUT2D eigenvalue weighted by atomic mass is 16.4. The summed E-state index contributed by atoms with van der Waals surface area (Å²) in [6.07, 6.45) is -1.35. The Morgan fingerprint density at radius 1 is 1.50 bits per heavy atom. The number of amides is 1. The standard InChI is InChI=1S/C8H14N2O4/c11-6(8(13)14)1-2-10-7(12)5-3-9-4-5/h5-6,9,11H,1-4H2,(H,10,12)(H,13,14)/t6-/m0/s1. The molecular formula is C8H14N2O4. The van der Waals surface area contributed by atoms with Gasteiger partial charge in [-0.2, -0.15) is 0 Å². The molecule has 0 unspecified atom stereocenters. The van der Waals surface area contributed by atoms with Gasteiger partial charge >= 0.3 is 5.97 Å². The number of carboxylic acid groups (broad SMARTS) is 1. The number of nitrogens with one attached hydrogen (secondary N) is 2. The van der Waals surface area contributed by atoms with Crippen LogP contribution in [0, 0.1) is 5.92 Å². The molecule has 1 rings (SSSR count). The second kappa shape index (κ2) is 4.92. The Balaban J connectivity index is 2.08. The highest BCUT2D eigenvalue weighted by Gasteiger charge is 2.24. The molecule has 0 aromatic rings. The van der Waals surface area contributed by atoms with Crippen molar-refractivity contribution in [2.75, 3.05) is 19.6 Å². The predicted octanol–water partition coefficient (Wildman–Crippen LogP) is -1.84. The Morgan fingerprint density at radius 3 is 2.57 bits per heavy atom. The third-order valence-electron chi connectivity index (χ3n) is 2.15. The van der Waals surface area contributed by atoms with E-state index in [0.717, 1.165) is 0 Å². The van der Waals surface area contributed by atoms with E-state index in [0.29, 0.717) is 13.1 Å². The van der Waals surface area contributed by atoms with Gasteiger partial charge in [0.2, 0.25) is 5.91 Å². The van der Waals surface area contributed by atoms with Crippen LogP contribution in [0.1, 0.15) is 6.42 Å². The van der Waals surface area contributed by atoms with Gasteiger partial charge in [-0.3, -0.25) is 4.79 Å². The van der Waals surface area contributed by atoms with Crippen molar-refractivity contribution in [3.05, 3.63) is 0 Å². The van der Waals surface area contributed by atoms with Crippen LogP contribution in [0.25, 0.3) is 0 Å². The molecule has 1 saturated heterocycles. The zero-order valence-electron chi connectivity index (χ0n) is 7.69. The zero-order chi connectivity index (χ0) is 10.6. The highest BCUT2D eigenvalue weighted by Crippen LogP contribution is 2.01. The monoisotopic (exact) mass is 202 g/mol. The van der Waals surface area contributed by atoms with E-state index >= 15 is 0 Å². The largest absolute Gasteiger partial charge is 0.479 e. The minimum atomic E-state index is -1.39. The van der Waals surface area contributed by atoms with E-state index in [2.05, 4.69) is 10.6 Å². The topological polar surface area (TPSA) is 98.7 Å². The van der Waals surface area contributed by atoms with Gasteiger partial charge in [0.1, 0.15) is 0 Å². The summed E-state index contributed by atoms with van der Waals surface area (Å²) in [4.78, 5) is 21.4. The third-order valence-corrected chi connectivity index (χ3v) is 2.15.